The highest BCUT2D eigenvalue weighted by molar-refractivity contribution is 6.30. The van der Waals surface area contributed by atoms with Crippen LogP contribution >= 0.6 is 11.6 Å². The fraction of sp³-hybridized carbons (Fsp3) is 0.176. The molecule has 0 radical (unpaired) electrons. The number of pyridine rings is 1. The highest BCUT2D eigenvalue weighted by atomic mass is 35.5. The van der Waals surface area contributed by atoms with Crippen LogP contribution in [0.3, 0.4) is 0 Å². The molecular weight excluding hydrogens is 328 g/mol. The minimum absolute atomic E-state index is 0.0731. The van der Waals surface area contributed by atoms with Gasteiger partial charge in [-0.3, -0.25) is 9.78 Å². The van der Waals surface area contributed by atoms with Gasteiger partial charge >= 0.3 is 0 Å². The Labute approximate surface area is 143 Å². The van der Waals surface area contributed by atoms with Gasteiger partial charge in [0.05, 0.1) is 35.3 Å². The second kappa shape index (κ2) is 6.05. The van der Waals surface area contributed by atoms with Gasteiger partial charge in [-0.05, 0) is 18.2 Å². The molecule has 1 amide bonds. The second-order valence-corrected chi connectivity index (χ2v) is 5.95. The number of hydrogen-bond acceptors (Lipinski definition) is 5. The third-order valence-corrected chi connectivity index (χ3v) is 4.01. The van der Waals surface area contributed by atoms with Gasteiger partial charge in [0.2, 0.25) is 5.88 Å². The first-order chi connectivity index (χ1) is 11.7. The van der Waals surface area contributed by atoms with Gasteiger partial charge in [0.1, 0.15) is 11.8 Å². The number of rotatable bonds is 3. The standard InChI is InChI=1S/C17H13ClN4O2/c18-11-5-6-16(20-7-11)24-12-9-22(10-12)17(23)15-8-19-13-3-1-2-4-14(13)21-15/h1-8,12H,9-10H2. The Bertz CT molecular complexity index is 894. The van der Waals surface area contributed by atoms with E-state index in [4.69, 9.17) is 16.3 Å². The monoisotopic (exact) mass is 340 g/mol. The van der Waals surface area contributed by atoms with Crippen molar-refractivity contribution in [1.29, 1.82) is 0 Å². The van der Waals surface area contributed by atoms with E-state index < -0.39 is 0 Å². The minimum atomic E-state index is -0.142. The summed E-state index contributed by atoms with van der Waals surface area (Å²) in [6.07, 6.45) is 2.97. The molecule has 0 atom stereocenters. The van der Waals surface area contributed by atoms with E-state index in [1.165, 1.54) is 12.4 Å². The van der Waals surface area contributed by atoms with Crippen molar-refractivity contribution in [3.63, 3.8) is 0 Å². The van der Waals surface area contributed by atoms with Gasteiger partial charge in [0.25, 0.3) is 5.91 Å². The number of fused-ring (bicyclic) bond motifs is 1. The molecule has 1 aliphatic rings. The van der Waals surface area contributed by atoms with Gasteiger partial charge in [0, 0.05) is 12.3 Å². The summed E-state index contributed by atoms with van der Waals surface area (Å²) < 4.78 is 5.69. The van der Waals surface area contributed by atoms with E-state index in [1.54, 1.807) is 17.0 Å². The maximum absolute atomic E-state index is 12.4. The smallest absolute Gasteiger partial charge is 0.274 e. The zero-order valence-electron chi connectivity index (χ0n) is 12.6. The molecule has 7 heteroatoms. The molecule has 3 aromatic rings. The van der Waals surface area contributed by atoms with Gasteiger partial charge < -0.3 is 9.64 Å². The molecule has 0 saturated carbocycles. The molecular formula is C17H13ClN4O2. The molecule has 0 bridgehead atoms. The summed E-state index contributed by atoms with van der Waals surface area (Å²) in [4.78, 5) is 26.9. The quantitative estimate of drug-likeness (QED) is 0.733. The van der Waals surface area contributed by atoms with Crippen LogP contribution in [0.1, 0.15) is 10.5 Å². The van der Waals surface area contributed by atoms with Gasteiger partial charge in [-0.25, -0.2) is 9.97 Å². The average molecular weight is 341 g/mol. The molecule has 24 heavy (non-hydrogen) atoms. The van der Waals surface area contributed by atoms with Crippen LogP contribution in [0.5, 0.6) is 5.88 Å². The van der Waals surface area contributed by atoms with Crippen LogP contribution in [0.2, 0.25) is 5.02 Å². The first kappa shape index (κ1) is 14.8. The van der Waals surface area contributed by atoms with E-state index in [2.05, 4.69) is 15.0 Å². The Morgan fingerprint density at radius 1 is 1.08 bits per heavy atom. The topological polar surface area (TPSA) is 68.2 Å². The lowest BCUT2D eigenvalue weighted by molar-refractivity contribution is 0.0156. The van der Waals surface area contributed by atoms with Crippen LogP contribution in [0.25, 0.3) is 11.0 Å². The molecule has 3 heterocycles. The summed E-state index contributed by atoms with van der Waals surface area (Å²) in [6, 6.07) is 10.9. The predicted molar refractivity (Wildman–Crippen MR) is 89.1 cm³/mol. The summed E-state index contributed by atoms with van der Waals surface area (Å²) in [5, 5.41) is 0.558. The van der Waals surface area contributed by atoms with E-state index in [0.717, 1.165) is 5.52 Å². The number of aromatic nitrogens is 3. The van der Waals surface area contributed by atoms with E-state index in [0.29, 0.717) is 35.2 Å². The molecule has 1 fully saturated rings. The maximum atomic E-state index is 12.4. The van der Waals surface area contributed by atoms with Crippen LogP contribution in [0.4, 0.5) is 0 Å². The SMILES string of the molecule is O=C(c1cnc2ccccc2n1)N1CC(Oc2ccc(Cl)cn2)C1. The van der Waals surface area contributed by atoms with Gasteiger partial charge in [0.15, 0.2) is 0 Å². The summed E-state index contributed by atoms with van der Waals surface area (Å²) in [5.74, 6) is 0.360. The Hall–Kier alpha value is -2.73. The fourth-order valence-electron chi connectivity index (χ4n) is 2.50. The normalized spacial score (nSPS) is 14.5. The van der Waals surface area contributed by atoms with Crippen molar-refractivity contribution in [2.75, 3.05) is 13.1 Å². The van der Waals surface area contributed by atoms with Crippen molar-refractivity contribution >= 4 is 28.5 Å². The molecule has 0 N–H and O–H groups in total. The third-order valence-electron chi connectivity index (χ3n) is 3.79. The molecule has 4 rings (SSSR count). The van der Waals surface area contributed by atoms with Crippen molar-refractivity contribution in [3.8, 4) is 5.88 Å². The lowest BCUT2D eigenvalue weighted by Crippen LogP contribution is -2.56. The molecule has 0 unspecified atom stereocenters. The highest BCUT2D eigenvalue weighted by Gasteiger charge is 2.33. The van der Waals surface area contributed by atoms with Crippen LogP contribution in [0.15, 0.2) is 48.8 Å². The molecule has 120 valence electrons. The van der Waals surface area contributed by atoms with E-state index in [-0.39, 0.29) is 12.0 Å². The number of benzene rings is 1. The molecule has 1 aliphatic heterocycles. The first-order valence-electron chi connectivity index (χ1n) is 7.48. The largest absolute Gasteiger partial charge is 0.471 e. The average Bonchev–Trinajstić information content (AvgIpc) is 2.58. The molecule has 6 nitrogen and oxygen atoms in total. The predicted octanol–water partition coefficient (Wildman–Crippen LogP) is 2.58. The summed E-state index contributed by atoms with van der Waals surface area (Å²) in [6.45, 7) is 0.995. The van der Waals surface area contributed by atoms with Crippen molar-refractivity contribution in [2.24, 2.45) is 0 Å². The third kappa shape index (κ3) is 2.88. The fourth-order valence-corrected chi connectivity index (χ4v) is 2.62. The highest BCUT2D eigenvalue weighted by Crippen LogP contribution is 2.19. The van der Waals surface area contributed by atoms with E-state index >= 15 is 0 Å². The Morgan fingerprint density at radius 3 is 2.62 bits per heavy atom. The van der Waals surface area contributed by atoms with Gasteiger partial charge in [-0.1, -0.05) is 23.7 Å². The number of nitrogens with zero attached hydrogens (tertiary/aromatic N) is 4. The van der Waals surface area contributed by atoms with Crippen LogP contribution in [-0.4, -0.2) is 45.0 Å². The molecule has 1 saturated heterocycles. The Kier molecular flexibility index (Phi) is 3.74. The minimum Gasteiger partial charge on any atom is -0.471 e. The number of ether oxygens (including phenoxy) is 1. The lowest BCUT2D eigenvalue weighted by atomic mass is 10.1. The molecule has 2 aromatic heterocycles. The zero-order valence-corrected chi connectivity index (χ0v) is 13.3. The zero-order chi connectivity index (χ0) is 16.5. The number of halogens is 1. The summed E-state index contributed by atoms with van der Waals surface area (Å²) in [5.41, 5.74) is 1.83. The number of likely N-dealkylation sites (tertiary alicyclic amines) is 1. The van der Waals surface area contributed by atoms with Gasteiger partial charge in [-0.15, -0.1) is 0 Å². The van der Waals surface area contributed by atoms with E-state index in [1.807, 2.05) is 24.3 Å². The lowest BCUT2D eigenvalue weighted by Gasteiger charge is -2.38. The number of amides is 1. The van der Waals surface area contributed by atoms with Crippen LogP contribution in [-0.2, 0) is 0 Å². The van der Waals surface area contributed by atoms with Crippen molar-refractivity contribution in [3.05, 3.63) is 59.5 Å². The first-order valence-corrected chi connectivity index (χ1v) is 7.86. The van der Waals surface area contributed by atoms with Crippen LogP contribution in [0, 0.1) is 0 Å². The van der Waals surface area contributed by atoms with Crippen LogP contribution < -0.4 is 4.74 Å². The van der Waals surface area contributed by atoms with E-state index in [9.17, 15) is 4.79 Å². The maximum Gasteiger partial charge on any atom is 0.274 e. The number of hydrogen-bond donors (Lipinski definition) is 0. The number of carbonyl (C=O) groups is 1. The molecule has 1 aromatic carbocycles. The Morgan fingerprint density at radius 2 is 1.88 bits per heavy atom. The Balaban J connectivity index is 1.40. The summed E-state index contributed by atoms with van der Waals surface area (Å²) >= 11 is 5.79. The second-order valence-electron chi connectivity index (χ2n) is 5.51. The number of carbonyl (C=O) groups excluding carboxylic acids is 1. The van der Waals surface area contributed by atoms with Gasteiger partial charge in [-0.2, -0.15) is 0 Å². The van der Waals surface area contributed by atoms with Crippen molar-refractivity contribution < 1.29 is 9.53 Å². The van der Waals surface area contributed by atoms with Crippen molar-refractivity contribution in [1.82, 2.24) is 19.9 Å². The number of para-hydroxylation sites is 2. The van der Waals surface area contributed by atoms with Crippen molar-refractivity contribution in [2.45, 2.75) is 6.10 Å². The molecule has 0 aliphatic carbocycles. The summed E-state index contributed by atoms with van der Waals surface area (Å²) in [7, 11) is 0. The molecule has 0 spiro atoms.